The average Bonchev–Trinajstić information content (AvgIpc) is 2.00. The van der Waals surface area contributed by atoms with Crippen LogP contribution >= 0.6 is 11.8 Å². The van der Waals surface area contributed by atoms with Crippen LogP contribution in [0.5, 0.6) is 0 Å². The fourth-order valence-electron chi connectivity index (χ4n) is 0.808. The Morgan fingerprint density at radius 1 is 1.33 bits per heavy atom. The lowest BCUT2D eigenvalue weighted by Gasteiger charge is -2.12. The van der Waals surface area contributed by atoms with Gasteiger partial charge in [0.2, 0.25) is 0 Å². The van der Waals surface area contributed by atoms with Gasteiger partial charge >= 0.3 is 0 Å². The first-order valence-corrected chi connectivity index (χ1v) is 5.88. The molecule has 0 amide bonds. The topological polar surface area (TPSA) is 35.2 Å². The van der Waals surface area contributed by atoms with Crippen molar-refractivity contribution in [2.45, 2.75) is 26.3 Å². The van der Waals surface area contributed by atoms with Crippen molar-refractivity contribution in [1.29, 1.82) is 0 Å². The zero-order valence-corrected chi connectivity index (χ0v) is 9.19. The highest BCUT2D eigenvalue weighted by molar-refractivity contribution is 7.98. The van der Waals surface area contributed by atoms with Crippen LogP contribution in [0, 0.1) is 5.92 Å². The summed E-state index contributed by atoms with van der Waals surface area (Å²) < 4.78 is 5.42. The van der Waals surface area contributed by atoms with Crippen LogP contribution in [0.1, 0.15) is 20.3 Å². The van der Waals surface area contributed by atoms with Gasteiger partial charge in [0.25, 0.3) is 0 Å². The van der Waals surface area contributed by atoms with Gasteiger partial charge in [-0.15, -0.1) is 0 Å². The first-order chi connectivity index (χ1) is 5.66. The van der Waals surface area contributed by atoms with Gasteiger partial charge in [0, 0.05) is 12.6 Å². The Morgan fingerprint density at radius 3 is 2.50 bits per heavy atom. The molecule has 0 aliphatic heterocycles. The first-order valence-electron chi connectivity index (χ1n) is 4.49. The number of hydrogen-bond acceptors (Lipinski definition) is 3. The molecule has 0 saturated heterocycles. The lowest BCUT2D eigenvalue weighted by molar-refractivity contribution is 0.0977. The summed E-state index contributed by atoms with van der Waals surface area (Å²) in [6, 6.07) is 0.219. The molecule has 0 aromatic heterocycles. The van der Waals surface area contributed by atoms with E-state index in [1.807, 2.05) is 11.8 Å². The van der Waals surface area contributed by atoms with Crippen LogP contribution in [0.25, 0.3) is 0 Å². The molecule has 74 valence electrons. The van der Waals surface area contributed by atoms with Crippen LogP contribution in [0.2, 0.25) is 0 Å². The van der Waals surface area contributed by atoms with E-state index in [0.29, 0.717) is 12.5 Å². The summed E-state index contributed by atoms with van der Waals surface area (Å²) in [5.74, 6) is 1.74. The summed E-state index contributed by atoms with van der Waals surface area (Å²) in [5.41, 5.74) is 5.81. The summed E-state index contributed by atoms with van der Waals surface area (Å²) in [7, 11) is 0. The van der Waals surface area contributed by atoms with Crippen LogP contribution in [0.3, 0.4) is 0 Å². The molecule has 12 heavy (non-hydrogen) atoms. The van der Waals surface area contributed by atoms with Gasteiger partial charge in [-0.1, -0.05) is 13.8 Å². The molecule has 0 spiro atoms. The van der Waals surface area contributed by atoms with Crippen molar-refractivity contribution in [3.05, 3.63) is 0 Å². The smallest absolute Gasteiger partial charge is 0.0617 e. The second kappa shape index (κ2) is 7.90. The molecule has 0 radical (unpaired) electrons. The molecule has 0 saturated carbocycles. The van der Waals surface area contributed by atoms with Gasteiger partial charge in [0.15, 0.2) is 0 Å². The van der Waals surface area contributed by atoms with Crippen molar-refractivity contribution >= 4 is 11.8 Å². The van der Waals surface area contributed by atoms with E-state index in [0.717, 1.165) is 18.8 Å². The molecule has 0 aliphatic carbocycles. The predicted molar refractivity (Wildman–Crippen MR) is 56.6 cm³/mol. The second-order valence-corrected chi connectivity index (χ2v) is 4.46. The number of nitrogens with two attached hydrogens (primary N) is 1. The summed E-state index contributed by atoms with van der Waals surface area (Å²) in [4.78, 5) is 0. The van der Waals surface area contributed by atoms with Crippen LogP contribution < -0.4 is 5.73 Å². The van der Waals surface area contributed by atoms with E-state index >= 15 is 0 Å². The number of rotatable bonds is 7. The molecule has 0 aromatic rings. The third-order valence-electron chi connectivity index (χ3n) is 1.48. The van der Waals surface area contributed by atoms with Gasteiger partial charge in [-0.3, -0.25) is 0 Å². The van der Waals surface area contributed by atoms with E-state index in [4.69, 9.17) is 10.5 Å². The molecule has 2 nitrogen and oxygen atoms in total. The van der Waals surface area contributed by atoms with Crippen molar-refractivity contribution in [2.24, 2.45) is 11.7 Å². The minimum Gasteiger partial charge on any atom is -0.380 e. The third kappa shape index (κ3) is 8.37. The summed E-state index contributed by atoms with van der Waals surface area (Å²) >= 11 is 1.83. The Labute approximate surface area is 80.2 Å². The zero-order valence-electron chi connectivity index (χ0n) is 8.38. The van der Waals surface area contributed by atoms with Crippen molar-refractivity contribution in [2.75, 3.05) is 25.2 Å². The number of ether oxygens (including phenoxy) is 1. The monoisotopic (exact) mass is 191 g/mol. The van der Waals surface area contributed by atoms with E-state index in [1.165, 1.54) is 0 Å². The van der Waals surface area contributed by atoms with Gasteiger partial charge < -0.3 is 10.5 Å². The molecule has 0 aromatic carbocycles. The highest BCUT2D eigenvalue weighted by atomic mass is 32.2. The maximum absolute atomic E-state index is 5.81. The van der Waals surface area contributed by atoms with E-state index in [9.17, 15) is 0 Å². The highest BCUT2D eigenvalue weighted by Gasteiger charge is 2.02. The fourth-order valence-corrected chi connectivity index (χ4v) is 1.35. The van der Waals surface area contributed by atoms with Gasteiger partial charge in [-0.2, -0.15) is 11.8 Å². The molecule has 0 heterocycles. The van der Waals surface area contributed by atoms with Gasteiger partial charge in [-0.05, 0) is 24.3 Å². The largest absolute Gasteiger partial charge is 0.380 e. The van der Waals surface area contributed by atoms with Crippen LogP contribution in [-0.2, 0) is 4.74 Å². The Kier molecular flexibility index (Phi) is 8.07. The molecule has 1 unspecified atom stereocenters. The highest BCUT2D eigenvalue weighted by Crippen LogP contribution is 2.00. The minimum absolute atomic E-state index is 0.219. The zero-order chi connectivity index (χ0) is 9.40. The first kappa shape index (κ1) is 12.3. The van der Waals surface area contributed by atoms with E-state index in [2.05, 4.69) is 20.1 Å². The summed E-state index contributed by atoms with van der Waals surface area (Å²) in [5, 5.41) is 0. The number of hydrogen-bond donors (Lipinski definition) is 1. The molecule has 0 fully saturated rings. The van der Waals surface area contributed by atoms with Crippen LogP contribution in [0.15, 0.2) is 0 Å². The van der Waals surface area contributed by atoms with Crippen molar-refractivity contribution < 1.29 is 4.74 Å². The normalized spacial score (nSPS) is 13.8. The standard InChI is InChI=1S/C9H21NOS/c1-8(2)6-11-7-9(10)4-5-12-3/h8-9H,4-7,10H2,1-3H3. The van der Waals surface area contributed by atoms with Crippen molar-refractivity contribution in [3.8, 4) is 0 Å². The minimum atomic E-state index is 0.219. The van der Waals surface area contributed by atoms with Gasteiger partial charge in [0.05, 0.1) is 6.61 Å². The Bertz CT molecular complexity index is 98.5. The average molecular weight is 191 g/mol. The fraction of sp³-hybridized carbons (Fsp3) is 1.00. The molecule has 0 rings (SSSR count). The molecule has 3 heteroatoms. The molecule has 2 N–H and O–H groups in total. The van der Waals surface area contributed by atoms with Crippen molar-refractivity contribution in [3.63, 3.8) is 0 Å². The molecule has 1 atom stereocenters. The molecule has 0 aliphatic rings. The maximum atomic E-state index is 5.81. The Balaban J connectivity index is 3.13. The second-order valence-electron chi connectivity index (χ2n) is 3.47. The maximum Gasteiger partial charge on any atom is 0.0617 e. The van der Waals surface area contributed by atoms with Gasteiger partial charge in [0.1, 0.15) is 0 Å². The molecular weight excluding hydrogens is 170 g/mol. The van der Waals surface area contributed by atoms with Crippen molar-refractivity contribution in [1.82, 2.24) is 0 Å². The van der Waals surface area contributed by atoms with E-state index in [1.54, 1.807) is 0 Å². The van der Waals surface area contributed by atoms with Gasteiger partial charge in [-0.25, -0.2) is 0 Å². The van der Waals surface area contributed by atoms with E-state index in [-0.39, 0.29) is 6.04 Å². The lowest BCUT2D eigenvalue weighted by Crippen LogP contribution is -2.27. The van der Waals surface area contributed by atoms with Crippen LogP contribution in [0.4, 0.5) is 0 Å². The SMILES string of the molecule is CSCCC(N)COCC(C)C. The summed E-state index contributed by atoms with van der Waals surface area (Å²) in [6.07, 6.45) is 3.15. The third-order valence-corrected chi connectivity index (χ3v) is 2.12. The molecule has 0 bridgehead atoms. The van der Waals surface area contributed by atoms with Crippen LogP contribution in [-0.4, -0.2) is 31.3 Å². The Morgan fingerprint density at radius 2 is 2.00 bits per heavy atom. The quantitative estimate of drug-likeness (QED) is 0.666. The predicted octanol–water partition coefficient (Wildman–Crippen LogP) is 1.74. The summed E-state index contributed by atoms with van der Waals surface area (Å²) in [6.45, 7) is 5.83. The molecular formula is C9H21NOS. The number of thioether (sulfide) groups is 1. The lowest BCUT2D eigenvalue weighted by atomic mass is 10.2. The van der Waals surface area contributed by atoms with E-state index < -0.39 is 0 Å². The Hall–Kier alpha value is 0.270.